The molecule has 0 unspecified atom stereocenters. The molecule has 9 heteroatoms. The fraction of sp³-hybridized carbons (Fsp3) is 0.227. The Bertz CT molecular complexity index is 1080. The second-order valence-corrected chi connectivity index (χ2v) is 8.26. The van der Waals surface area contributed by atoms with E-state index in [1.165, 1.54) is 17.6 Å². The number of amides is 4. The molecule has 31 heavy (non-hydrogen) atoms. The number of nitrogens with one attached hydrogen (secondary N) is 2. The molecule has 1 saturated heterocycles. The van der Waals surface area contributed by atoms with Gasteiger partial charge in [0, 0.05) is 31.9 Å². The first-order valence-electron chi connectivity index (χ1n) is 9.86. The van der Waals surface area contributed by atoms with E-state index >= 15 is 0 Å². The number of hydrogen-bond acceptors (Lipinski definition) is 5. The van der Waals surface area contributed by atoms with Crippen molar-refractivity contribution >= 4 is 39.9 Å². The largest absolute Gasteiger partial charge is 0.459 e. The van der Waals surface area contributed by atoms with Gasteiger partial charge in [0.15, 0.2) is 5.76 Å². The monoisotopic (exact) mass is 438 g/mol. The van der Waals surface area contributed by atoms with Gasteiger partial charge in [0.2, 0.25) is 0 Å². The molecule has 1 aromatic carbocycles. The Morgan fingerprint density at radius 1 is 0.935 bits per heavy atom. The predicted octanol–water partition coefficient (Wildman–Crippen LogP) is 3.89. The van der Waals surface area contributed by atoms with Crippen LogP contribution in [-0.2, 0) is 0 Å². The van der Waals surface area contributed by atoms with Crippen LogP contribution in [0.5, 0.6) is 0 Å². The van der Waals surface area contributed by atoms with Crippen LogP contribution in [0.4, 0.5) is 15.5 Å². The lowest BCUT2D eigenvalue weighted by atomic mass is 10.2. The topological polar surface area (TPSA) is 94.9 Å². The minimum Gasteiger partial charge on any atom is -0.459 e. The molecule has 2 aromatic heterocycles. The van der Waals surface area contributed by atoms with Crippen LogP contribution in [0, 0.1) is 6.92 Å². The fourth-order valence-electron chi connectivity index (χ4n) is 3.30. The summed E-state index contributed by atoms with van der Waals surface area (Å²) in [6, 6.07) is 14.1. The number of urea groups is 1. The molecule has 0 spiro atoms. The molecule has 8 nitrogen and oxygen atoms in total. The van der Waals surface area contributed by atoms with Gasteiger partial charge in [-0.3, -0.25) is 9.59 Å². The van der Waals surface area contributed by atoms with Gasteiger partial charge in [-0.15, -0.1) is 11.3 Å². The van der Waals surface area contributed by atoms with Gasteiger partial charge in [0.05, 0.1) is 16.1 Å². The molecule has 3 heterocycles. The third kappa shape index (κ3) is 4.95. The summed E-state index contributed by atoms with van der Waals surface area (Å²) in [6.45, 7) is 3.78. The smallest absolute Gasteiger partial charge is 0.321 e. The Kier molecular flexibility index (Phi) is 6.03. The second kappa shape index (κ2) is 9.05. The number of hydrogen-bond donors (Lipinski definition) is 2. The number of thiophene rings is 1. The van der Waals surface area contributed by atoms with Crippen molar-refractivity contribution in [3.63, 3.8) is 0 Å². The van der Waals surface area contributed by atoms with Crippen molar-refractivity contribution in [2.45, 2.75) is 6.92 Å². The predicted molar refractivity (Wildman–Crippen MR) is 119 cm³/mol. The maximum atomic E-state index is 12.8. The van der Waals surface area contributed by atoms with Crippen LogP contribution in [0.1, 0.15) is 25.8 Å². The van der Waals surface area contributed by atoms with E-state index in [1.54, 1.807) is 34.1 Å². The summed E-state index contributed by atoms with van der Waals surface area (Å²) in [4.78, 5) is 41.3. The van der Waals surface area contributed by atoms with E-state index in [1.807, 2.05) is 31.2 Å². The van der Waals surface area contributed by atoms with Gasteiger partial charge < -0.3 is 24.9 Å². The van der Waals surface area contributed by atoms with E-state index in [-0.39, 0.29) is 23.6 Å². The third-order valence-electron chi connectivity index (χ3n) is 4.92. The summed E-state index contributed by atoms with van der Waals surface area (Å²) in [5.41, 5.74) is 1.83. The number of carbonyl (C=O) groups is 3. The first kappa shape index (κ1) is 20.7. The summed E-state index contributed by atoms with van der Waals surface area (Å²) in [5, 5.41) is 6.19. The van der Waals surface area contributed by atoms with Crippen molar-refractivity contribution in [3.8, 4) is 0 Å². The van der Waals surface area contributed by atoms with Crippen LogP contribution in [-0.4, -0.2) is 53.8 Å². The number of carbonyl (C=O) groups excluding carboxylic acids is 3. The van der Waals surface area contributed by atoms with Crippen LogP contribution in [0.3, 0.4) is 0 Å². The summed E-state index contributed by atoms with van der Waals surface area (Å²) in [5.74, 6) is -0.261. The molecule has 1 aliphatic heterocycles. The van der Waals surface area contributed by atoms with Gasteiger partial charge in [-0.25, -0.2) is 4.79 Å². The number of rotatable bonds is 4. The molecule has 2 N–H and O–H groups in total. The molecule has 0 radical (unpaired) electrons. The number of nitrogens with zero attached hydrogens (tertiary/aromatic N) is 2. The first-order chi connectivity index (χ1) is 15.0. The molecule has 0 saturated carbocycles. The minimum absolute atomic E-state index is 0.109. The molecule has 0 atom stereocenters. The molecule has 0 aliphatic carbocycles. The Labute approximate surface area is 183 Å². The van der Waals surface area contributed by atoms with Gasteiger partial charge in [-0.2, -0.15) is 0 Å². The quantitative estimate of drug-likeness (QED) is 0.646. The lowest BCUT2D eigenvalue weighted by molar-refractivity contribution is 0.0676. The zero-order valence-corrected chi connectivity index (χ0v) is 17.8. The summed E-state index contributed by atoms with van der Waals surface area (Å²) in [7, 11) is 0. The zero-order chi connectivity index (χ0) is 21.8. The van der Waals surface area contributed by atoms with Gasteiger partial charge in [-0.1, -0.05) is 12.1 Å². The van der Waals surface area contributed by atoms with Gasteiger partial charge >= 0.3 is 6.03 Å². The number of furan rings is 1. The number of aryl methyl sites for hydroxylation is 1. The van der Waals surface area contributed by atoms with Gasteiger partial charge in [0.1, 0.15) is 0 Å². The van der Waals surface area contributed by atoms with Crippen molar-refractivity contribution < 1.29 is 18.8 Å². The molecule has 1 fully saturated rings. The Morgan fingerprint density at radius 3 is 2.42 bits per heavy atom. The fourth-order valence-corrected chi connectivity index (χ4v) is 4.16. The highest BCUT2D eigenvalue weighted by Gasteiger charge is 2.26. The first-order valence-corrected chi connectivity index (χ1v) is 10.7. The molecular formula is C22H22N4O4S. The Morgan fingerprint density at radius 2 is 1.71 bits per heavy atom. The molecule has 4 rings (SSSR count). The van der Waals surface area contributed by atoms with Crippen LogP contribution >= 0.6 is 11.3 Å². The lowest BCUT2D eigenvalue weighted by Gasteiger charge is -2.34. The number of piperazine rings is 1. The maximum Gasteiger partial charge on any atom is 0.321 e. The van der Waals surface area contributed by atoms with Gasteiger partial charge in [0.25, 0.3) is 11.8 Å². The standard InChI is InChI=1S/C22H22N4O4S/c1-15-4-2-5-16(14-15)23-22(29)26-11-9-25(10-12-26)21(28)18-7-8-19(31-18)24-20(27)17-6-3-13-30-17/h2-8,13-14H,9-12H2,1H3,(H,23,29)(H,24,27). The van der Waals surface area contributed by atoms with Gasteiger partial charge in [-0.05, 0) is 48.9 Å². The number of anilines is 2. The van der Waals surface area contributed by atoms with Crippen molar-refractivity contribution in [2.24, 2.45) is 0 Å². The highest BCUT2D eigenvalue weighted by molar-refractivity contribution is 7.18. The second-order valence-electron chi connectivity index (χ2n) is 7.17. The van der Waals surface area contributed by atoms with E-state index in [0.717, 1.165) is 11.3 Å². The summed E-state index contributed by atoms with van der Waals surface area (Å²) in [6.07, 6.45) is 1.43. The molecule has 0 bridgehead atoms. The zero-order valence-electron chi connectivity index (χ0n) is 17.0. The molecule has 3 aromatic rings. The van der Waals surface area contributed by atoms with Crippen LogP contribution in [0.25, 0.3) is 0 Å². The molecule has 160 valence electrons. The molecule has 4 amide bonds. The van der Waals surface area contributed by atoms with Crippen molar-refractivity contribution in [3.05, 3.63) is 71.0 Å². The van der Waals surface area contributed by atoms with E-state index in [2.05, 4.69) is 10.6 Å². The van der Waals surface area contributed by atoms with Crippen molar-refractivity contribution in [2.75, 3.05) is 36.8 Å². The third-order valence-corrected chi connectivity index (χ3v) is 5.91. The van der Waals surface area contributed by atoms with E-state index < -0.39 is 0 Å². The van der Waals surface area contributed by atoms with E-state index in [0.29, 0.717) is 36.1 Å². The Hall–Kier alpha value is -3.59. The number of benzene rings is 1. The van der Waals surface area contributed by atoms with Crippen LogP contribution in [0.2, 0.25) is 0 Å². The minimum atomic E-state index is -0.362. The lowest BCUT2D eigenvalue weighted by Crippen LogP contribution is -2.51. The average Bonchev–Trinajstić information content (AvgIpc) is 3.46. The SMILES string of the molecule is Cc1cccc(NC(=O)N2CCN(C(=O)c3ccc(NC(=O)c4ccco4)s3)CC2)c1. The molecule has 1 aliphatic rings. The summed E-state index contributed by atoms with van der Waals surface area (Å²) >= 11 is 1.21. The van der Waals surface area contributed by atoms with E-state index in [9.17, 15) is 14.4 Å². The van der Waals surface area contributed by atoms with Crippen molar-refractivity contribution in [1.82, 2.24) is 9.80 Å². The maximum absolute atomic E-state index is 12.8. The molecular weight excluding hydrogens is 416 g/mol. The summed E-state index contributed by atoms with van der Waals surface area (Å²) < 4.78 is 5.07. The normalized spacial score (nSPS) is 13.7. The van der Waals surface area contributed by atoms with Crippen molar-refractivity contribution in [1.29, 1.82) is 0 Å². The van der Waals surface area contributed by atoms with Crippen LogP contribution < -0.4 is 10.6 Å². The Balaban J connectivity index is 1.29. The van der Waals surface area contributed by atoms with Crippen LogP contribution in [0.15, 0.2) is 59.2 Å². The highest BCUT2D eigenvalue weighted by Crippen LogP contribution is 2.24. The van der Waals surface area contributed by atoms with E-state index in [4.69, 9.17) is 4.42 Å². The highest BCUT2D eigenvalue weighted by atomic mass is 32.1. The average molecular weight is 439 g/mol.